The van der Waals surface area contributed by atoms with E-state index in [0.717, 1.165) is 16.9 Å². The third-order valence-electron chi connectivity index (χ3n) is 4.48. The van der Waals surface area contributed by atoms with Crippen LogP contribution in [0.5, 0.6) is 5.75 Å². The molecule has 1 heterocycles. The molecule has 150 valence electrons. The van der Waals surface area contributed by atoms with Crippen LogP contribution in [0.4, 0.5) is 5.69 Å². The van der Waals surface area contributed by atoms with Crippen LogP contribution in [0.25, 0.3) is 22.8 Å². The van der Waals surface area contributed by atoms with E-state index in [2.05, 4.69) is 15.5 Å². The number of nitrogens with zero attached hydrogens (tertiary/aromatic N) is 2. The Morgan fingerprint density at radius 2 is 1.77 bits per heavy atom. The lowest BCUT2D eigenvalue weighted by Crippen LogP contribution is -2.15. The zero-order chi connectivity index (χ0) is 20.9. The van der Waals surface area contributed by atoms with Gasteiger partial charge < -0.3 is 14.6 Å². The number of ether oxygens (including phenoxy) is 1. The predicted octanol–water partition coefficient (Wildman–Crippen LogP) is 5.25. The van der Waals surface area contributed by atoms with Crippen LogP contribution in [0.1, 0.15) is 5.56 Å². The van der Waals surface area contributed by atoms with E-state index in [0.29, 0.717) is 28.0 Å². The highest BCUT2D eigenvalue weighted by Gasteiger charge is 2.15. The molecule has 4 aromatic rings. The maximum atomic E-state index is 12.6. The van der Waals surface area contributed by atoms with Gasteiger partial charge in [-0.1, -0.05) is 41.0 Å². The number of aromatic nitrogens is 2. The SMILES string of the molecule is COc1ccc(CC(=O)Nc2ccccc2-c2nc(-c3ccc(Cl)cc3)no2)cc1. The average molecular weight is 420 g/mol. The summed E-state index contributed by atoms with van der Waals surface area (Å²) in [4.78, 5) is 17.0. The van der Waals surface area contributed by atoms with Crippen LogP contribution < -0.4 is 10.1 Å². The van der Waals surface area contributed by atoms with Crippen LogP contribution in [-0.4, -0.2) is 23.2 Å². The van der Waals surface area contributed by atoms with Crippen molar-refractivity contribution >= 4 is 23.2 Å². The van der Waals surface area contributed by atoms with Crippen molar-refractivity contribution in [2.45, 2.75) is 6.42 Å². The molecule has 7 heteroatoms. The molecule has 3 aromatic carbocycles. The van der Waals surface area contributed by atoms with Crippen LogP contribution in [0.15, 0.2) is 77.3 Å². The van der Waals surface area contributed by atoms with E-state index in [4.69, 9.17) is 20.9 Å². The molecular weight excluding hydrogens is 402 g/mol. The molecule has 0 aliphatic rings. The fourth-order valence-electron chi connectivity index (χ4n) is 2.95. The smallest absolute Gasteiger partial charge is 0.260 e. The molecule has 4 rings (SSSR count). The van der Waals surface area contributed by atoms with E-state index in [-0.39, 0.29) is 12.3 Å². The van der Waals surface area contributed by atoms with Gasteiger partial charge in [0, 0.05) is 10.6 Å². The first-order chi connectivity index (χ1) is 14.6. The quantitative estimate of drug-likeness (QED) is 0.462. The number of carbonyl (C=O) groups is 1. The summed E-state index contributed by atoms with van der Waals surface area (Å²) in [6, 6.07) is 21.8. The highest BCUT2D eigenvalue weighted by molar-refractivity contribution is 6.30. The van der Waals surface area contributed by atoms with E-state index in [9.17, 15) is 4.79 Å². The van der Waals surface area contributed by atoms with Crippen molar-refractivity contribution in [2.24, 2.45) is 0 Å². The lowest BCUT2D eigenvalue weighted by atomic mass is 10.1. The number of hydrogen-bond acceptors (Lipinski definition) is 5. The van der Waals surface area contributed by atoms with Crippen LogP contribution in [-0.2, 0) is 11.2 Å². The molecule has 0 spiro atoms. The Morgan fingerprint density at radius 1 is 1.03 bits per heavy atom. The summed E-state index contributed by atoms with van der Waals surface area (Å²) in [7, 11) is 1.61. The summed E-state index contributed by atoms with van der Waals surface area (Å²) in [5.74, 6) is 1.36. The number of nitrogens with one attached hydrogen (secondary N) is 1. The fourth-order valence-corrected chi connectivity index (χ4v) is 3.08. The molecule has 1 N–H and O–H groups in total. The molecule has 0 aliphatic carbocycles. The number of rotatable bonds is 6. The second-order valence-corrected chi connectivity index (χ2v) is 6.99. The van der Waals surface area contributed by atoms with E-state index < -0.39 is 0 Å². The van der Waals surface area contributed by atoms with Gasteiger partial charge in [-0.25, -0.2) is 0 Å². The Hall–Kier alpha value is -3.64. The standard InChI is InChI=1S/C23H18ClN3O3/c1-29-18-12-6-15(7-13-18)14-21(28)25-20-5-3-2-4-19(20)23-26-22(27-30-23)16-8-10-17(24)11-9-16/h2-13H,14H2,1H3,(H,25,28). The number of hydrogen-bond donors (Lipinski definition) is 1. The minimum absolute atomic E-state index is 0.148. The number of benzene rings is 3. The topological polar surface area (TPSA) is 77.2 Å². The molecule has 0 bridgehead atoms. The lowest BCUT2D eigenvalue weighted by molar-refractivity contribution is -0.115. The fraction of sp³-hybridized carbons (Fsp3) is 0.0870. The van der Waals surface area contributed by atoms with Gasteiger partial charge in [0.2, 0.25) is 11.7 Å². The van der Waals surface area contributed by atoms with Crippen molar-refractivity contribution in [2.75, 3.05) is 12.4 Å². The summed E-state index contributed by atoms with van der Waals surface area (Å²) < 4.78 is 10.6. The van der Waals surface area contributed by atoms with Gasteiger partial charge in [-0.15, -0.1) is 0 Å². The normalized spacial score (nSPS) is 10.6. The average Bonchev–Trinajstić information content (AvgIpc) is 3.25. The highest BCUT2D eigenvalue weighted by atomic mass is 35.5. The molecule has 6 nitrogen and oxygen atoms in total. The maximum absolute atomic E-state index is 12.6. The molecule has 0 unspecified atom stereocenters. The molecule has 1 aromatic heterocycles. The van der Waals surface area contributed by atoms with E-state index in [1.165, 1.54) is 0 Å². The number of amides is 1. The van der Waals surface area contributed by atoms with E-state index >= 15 is 0 Å². The van der Waals surface area contributed by atoms with Crippen molar-refractivity contribution in [1.82, 2.24) is 10.1 Å². The first kappa shape index (κ1) is 19.7. The first-order valence-electron chi connectivity index (χ1n) is 9.24. The van der Waals surface area contributed by atoms with Crippen molar-refractivity contribution in [3.63, 3.8) is 0 Å². The van der Waals surface area contributed by atoms with Gasteiger partial charge in [-0.05, 0) is 54.1 Å². The first-order valence-corrected chi connectivity index (χ1v) is 9.62. The van der Waals surface area contributed by atoms with Gasteiger partial charge in [0.25, 0.3) is 5.89 Å². The number of para-hydroxylation sites is 1. The van der Waals surface area contributed by atoms with E-state index in [1.54, 1.807) is 25.3 Å². The third-order valence-corrected chi connectivity index (χ3v) is 4.74. The van der Waals surface area contributed by atoms with Gasteiger partial charge in [0.15, 0.2) is 0 Å². The summed E-state index contributed by atoms with van der Waals surface area (Å²) in [6.45, 7) is 0. The Kier molecular flexibility index (Phi) is 5.77. The Labute approximate surface area is 178 Å². The van der Waals surface area contributed by atoms with Crippen LogP contribution in [0.3, 0.4) is 0 Å². The van der Waals surface area contributed by atoms with Gasteiger partial charge in [-0.2, -0.15) is 4.98 Å². The number of methoxy groups -OCH3 is 1. The summed E-state index contributed by atoms with van der Waals surface area (Å²) in [6.07, 6.45) is 0.234. The van der Waals surface area contributed by atoms with Crippen molar-refractivity contribution < 1.29 is 14.1 Å². The summed E-state index contributed by atoms with van der Waals surface area (Å²) in [5.41, 5.74) is 2.92. The molecule has 0 saturated carbocycles. The van der Waals surface area contributed by atoms with Gasteiger partial charge >= 0.3 is 0 Å². The second kappa shape index (κ2) is 8.80. The van der Waals surface area contributed by atoms with Gasteiger partial charge in [-0.3, -0.25) is 4.79 Å². The lowest BCUT2D eigenvalue weighted by Gasteiger charge is -2.09. The largest absolute Gasteiger partial charge is 0.497 e. The minimum Gasteiger partial charge on any atom is -0.497 e. The zero-order valence-electron chi connectivity index (χ0n) is 16.1. The van der Waals surface area contributed by atoms with E-state index in [1.807, 2.05) is 54.6 Å². The monoisotopic (exact) mass is 419 g/mol. The summed E-state index contributed by atoms with van der Waals surface area (Å²) in [5, 5.41) is 7.60. The predicted molar refractivity (Wildman–Crippen MR) is 116 cm³/mol. The minimum atomic E-state index is -0.148. The summed E-state index contributed by atoms with van der Waals surface area (Å²) >= 11 is 5.93. The van der Waals surface area contributed by atoms with Crippen molar-refractivity contribution in [1.29, 1.82) is 0 Å². The number of anilines is 1. The number of carbonyl (C=O) groups excluding carboxylic acids is 1. The Bertz CT molecular complexity index is 1160. The van der Waals surface area contributed by atoms with Crippen molar-refractivity contribution in [3.05, 3.63) is 83.4 Å². The van der Waals surface area contributed by atoms with Gasteiger partial charge in [0.05, 0.1) is 24.8 Å². The van der Waals surface area contributed by atoms with Crippen LogP contribution in [0.2, 0.25) is 5.02 Å². The molecule has 0 saturated heterocycles. The second-order valence-electron chi connectivity index (χ2n) is 6.55. The van der Waals surface area contributed by atoms with Crippen LogP contribution >= 0.6 is 11.6 Å². The van der Waals surface area contributed by atoms with Gasteiger partial charge in [0.1, 0.15) is 5.75 Å². The molecule has 0 aliphatic heterocycles. The van der Waals surface area contributed by atoms with Crippen LogP contribution in [0, 0.1) is 0 Å². The molecule has 0 atom stereocenters. The highest BCUT2D eigenvalue weighted by Crippen LogP contribution is 2.29. The third kappa shape index (κ3) is 4.50. The molecule has 0 fully saturated rings. The van der Waals surface area contributed by atoms with Crippen molar-refractivity contribution in [3.8, 4) is 28.6 Å². The zero-order valence-corrected chi connectivity index (χ0v) is 16.9. The maximum Gasteiger partial charge on any atom is 0.260 e. The Morgan fingerprint density at radius 3 is 2.50 bits per heavy atom. The number of halogens is 1. The molecule has 0 radical (unpaired) electrons. The Balaban J connectivity index is 1.52. The molecule has 1 amide bonds. The molecule has 30 heavy (non-hydrogen) atoms. The molecular formula is C23H18ClN3O3.